The SMILES string of the molecule is CSc1nc(Cl)cc(N(C)[C@@H]2CCCN(C(=O)OC(C)(C)C)C2)n1. The minimum Gasteiger partial charge on any atom is -0.444 e. The number of piperidine rings is 1. The maximum atomic E-state index is 12.3. The van der Waals surface area contributed by atoms with Crippen LogP contribution in [0.5, 0.6) is 0 Å². The van der Waals surface area contributed by atoms with Crippen LogP contribution in [0.4, 0.5) is 10.6 Å². The van der Waals surface area contributed by atoms with Crippen LogP contribution in [0, 0.1) is 0 Å². The molecule has 24 heavy (non-hydrogen) atoms. The third-order valence-electron chi connectivity index (χ3n) is 3.80. The minimum absolute atomic E-state index is 0.173. The van der Waals surface area contributed by atoms with E-state index < -0.39 is 5.60 Å². The van der Waals surface area contributed by atoms with E-state index in [2.05, 4.69) is 14.9 Å². The van der Waals surface area contributed by atoms with Crippen molar-refractivity contribution in [3.05, 3.63) is 11.2 Å². The molecule has 0 spiro atoms. The van der Waals surface area contributed by atoms with E-state index in [0.717, 1.165) is 25.2 Å². The number of halogens is 1. The Hall–Kier alpha value is -1.21. The van der Waals surface area contributed by atoms with Gasteiger partial charge in [-0.15, -0.1) is 0 Å². The number of rotatable bonds is 3. The monoisotopic (exact) mass is 372 g/mol. The second-order valence-corrected chi connectivity index (χ2v) is 8.03. The number of carbonyl (C=O) groups is 1. The van der Waals surface area contributed by atoms with Crippen LogP contribution in [0.15, 0.2) is 11.2 Å². The van der Waals surface area contributed by atoms with Crippen molar-refractivity contribution in [1.29, 1.82) is 0 Å². The maximum Gasteiger partial charge on any atom is 0.410 e. The van der Waals surface area contributed by atoms with Gasteiger partial charge in [-0.25, -0.2) is 14.8 Å². The summed E-state index contributed by atoms with van der Waals surface area (Å²) in [5, 5.41) is 1.07. The molecule has 2 heterocycles. The van der Waals surface area contributed by atoms with Crippen molar-refractivity contribution in [3.8, 4) is 0 Å². The summed E-state index contributed by atoms with van der Waals surface area (Å²) in [6, 6.07) is 1.93. The van der Waals surface area contributed by atoms with E-state index in [1.54, 1.807) is 11.0 Å². The molecule has 1 aromatic heterocycles. The van der Waals surface area contributed by atoms with E-state index in [0.29, 0.717) is 16.9 Å². The zero-order chi connectivity index (χ0) is 17.9. The van der Waals surface area contributed by atoms with Crippen LogP contribution in [0.2, 0.25) is 5.15 Å². The van der Waals surface area contributed by atoms with Gasteiger partial charge in [0.15, 0.2) is 5.16 Å². The van der Waals surface area contributed by atoms with E-state index in [4.69, 9.17) is 16.3 Å². The van der Waals surface area contributed by atoms with E-state index in [-0.39, 0.29) is 12.1 Å². The summed E-state index contributed by atoms with van der Waals surface area (Å²) in [6.07, 6.45) is 3.58. The number of ether oxygens (including phenoxy) is 1. The Morgan fingerprint density at radius 3 is 2.79 bits per heavy atom. The molecule has 1 saturated heterocycles. The predicted octanol–water partition coefficient (Wildman–Crippen LogP) is 3.69. The molecule has 134 valence electrons. The van der Waals surface area contributed by atoms with Gasteiger partial charge < -0.3 is 14.5 Å². The lowest BCUT2D eigenvalue weighted by atomic mass is 10.0. The predicted molar refractivity (Wildman–Crippen MR) is 98.1 cm³/mol. The van der Waals surface area contributed by atoms with Crippen molar-refractivity contribution < 1.29 is 9.53 Å². The van der Waals surface area contributed by atoms with Crippen LogP contribution in [-0.4, -0.2) is 59.0 Å². The highest BCUT2D eigenvalue weighted by Gasteiger charge is 2.30. The topological polar surface area (TPSA) is 58.6 Å². The number of anilines is 1. The zero-order valence-corrected chi connectivity index (χ0v) is 16.4. The molecule has 1 aliphatic heterocycles. The fraction of sp³-hybridized carbons (Fsp3) is 0.688. The Morgan fingerprint density at radius 2 is 2.17 bits per heavy atom. The van der Waals surface area contributed by atoms with Gasteiger partial charge in [-0.2, -0.15) is 0 Å². The molecule has 0 saturated carbocycles. The lowest BCUT2D eigenvalue weighted by molar-refractivity contribution is 0.0199. The number of amides is 1. The van der Waals surface area contributed by atoms with Gasteiger partial charge in [-0.1, -0.05) is 23.4 Å². The van der Waals surface area contributed by atoms with Crippen molar-refractivity contribution in [1.82, 2.24) is 14.9 Å². The molecule has 0 unspecified atom stereocenters. The summed E-state index contributed by atoms with van der Waals surface area (Å²) in [5.74, 6) is 0.774. The van der Waals surface area contributed by atoms with Crippen LogP contribution in [-0.2, 0) is 4.74 Å². The van der Waals surface area contributed by atoms with E-state index in [9.17, 15) is 4.79 Å². The Bertz CT molecular complexity index is 594. The van der Waals surface area contributed by atoms with Crippen LogP contribution in [0.25, 0.3) is 0 Å². The standard InChI is InChI=1S/C16H25ClN4O2S/c1-16(2,3)23-15(22)21-8-6-7-11(10-21)20(4)13-9-12(17)18-14(19-13)24-5/h9,11H,6-8,10H2,1-5H3/t11-/m1/s1. The van der Waals surface area contributed by atoms with E-state index in [1.807, 2.05) is 34.1 Å². The molecule has 0 radical (unpaired) electrons. The number of carbonyl (C=O) groups excluding carboxylic acids is 1. The molecule has 0 bridgehead atoms. The molecule has 1 amide bonds. The van der Waals surface area contributed by atoms with Crippen molar-refractivity contribution >= 4 is 35.3 Å². The summed E-state index contributed by atoms with van der Waals surface area (Å²) in [4.78, 5) is 24.8. The van der Waals surface area contributed by atoms with Crippen molar-refractivity contribution in [3.63, 3.8) is 0 Å². The second-order valence-electron chi connectivity index (χ2n) is 6.87. The van der Waals surface area contributed by atoms with Gasteiger partial charge >= 0.3 is 6.09 Å². The van der Waals surface area contributed by atoms with E-state index in [1.165, 1.54) is 11.8 Å². The quantitative estimate of drug-likeness (QED) is 0.458. The molecular formula is C16H25ClN4O2S. The lowest BCUT2D eigenvalue weighted by Crippen LogP contribution is -2.50. The van der Waals surface area contributed by atoms with Crippen LogP contribution < -0.4 is 4.90 Å². The number of likely N-dealkylation sites (N-methyl/N-ethyl adjacent to an activating group) is 1. The molecule has 1 aromatic rings. The highest BCUT2D eigenvalue weighted by Crippen LogP contribution is 2.25. The number of nitrogens with zero attached hydrogens (tertiary/aromatic N) is 4. The summed E-state index contributed by atoms with van der Waals surface area (Å²) in [7, 11) is 1.98. The third kappa shape index (κ3) is 5.14. The van der Waals surface area contributed by atoms with Gasteiger partial charge in [0.1, 0.15) is 16.6 Å². The fourth-order valence-electron chi connectivity index (χ4n) is 2.61. The number of likely N-dealkylation sites (tertiary alicyclic amines) is 1. The summed E-state index contributed by atoms with van der Waals surface area (Å²) in [6.45, 7) is 6.98. The average Bonchev–Trinajstić information content (AvgIpc) is 2.52. The first-order valence-corrected chi connectivity index (χ1v) is 9.59. The Labute approximate surface area is 152 Å². The molecular weight excluding hydrogens is 348 g/mol. The molecule has 0 aromatic carbocycles. The fourth-order valence-corrected chi connectivity index (χ4v) is 3.21. The smallest absolute Gasteiger partial charge is 0.410 e. The highest BCUT2D eigenvalue weighted by atomic mass is 35.5. The first-order valence-electron chi connectivity index (χ1n) is 7.99. The van der Waals surface area contributed by atoms with Crippen molar-refractivity contribution in [2.45, 2.75) is 50.4 Å². The molecule has 8 heteroatoms. The lowest BCUT2D eigenvalue weighted by Gasteiger charge is -2.38. The molecule has 0 aliphatic carbocycles. The van der Waals surface area contributed by atoms with Crippen LogP contribution in [0.3, 0.4) is 0 Å². The van der Waals surface area contributed by atoms with Crippen molar-refractivity contribution in [2.24, 2.45) is 0 Å². The second kappa shape index (κ2) is 7.78. The number of hydrogen-bond acceptors (Lipinski definition) is 6. The minimum atomic E-state index is -0.483. The zero-order valence-electron chi connectivity index (χ0n) is 14.9. The Morgan fingerprint density at radius 1 is 1.46 bits per heavy atom. The first kappa shape index (κ1) is 19.1. The molecule has 1 atom stereocenters. The third-order valence-corrected chi connectivity index (χ3v) is 4.54. The van der Waals surface area contributed by atoms with Gasteiger partial charge in [0.2, 0.25) is 0 Å². The molecule has 1 aliphatic rings. The molecule has 6 nitrogen and oxygen atoms in total. The highest BCUT2D eigenvalue weighted by molar-refractivity contribution is 7.98. The van der Waals surface area contributed by atoms with Gasteiger partial charge in [0, 0.05) is 32.2 Å². The molecule has 2 rings (SSSR count). The number of hydrogen-bond donors (Lipinski definition) is 0. The molecule has 1 fully saturated rings. The van der Waals surface area contributed by atoms with E-state index >= 15 is 0 Å². The summed E-state index contributed by atoms with van der Waals surface area (Å²) >= 11 is 7.54. The number of aromatic nitrogens is 2. The molecule has 0 N–H and O–H groups in total. The summed E-state index contributed by atoms with van der Waals surface area (Å²) in [5.41, 5.74) is -0.483. The normalized spacial score (nSPS) is 18.4. The van der Waals surface area contributed by atoms with Gasteiger partial charge in [0.25, 0.3) is 0 Å². The van der Waals surface area contributed by atoms with Crippen LogP contribution in [0.1, 0.15) is 33.6 Å². The first-order chi connectivity index (χ1) is 11.2. The number of thioether (sulfide) groups is 1. The van der Waals surface area contributed by atoms with Crippen molar-refractivity contribution in [2.75, 3.05) is 31.3 Å². The Kier molecular flexibility index (Phi) is 6.20. The summed E-state index contributed by atoms with van der Waals surface area (Å²) < 4.78 is 5.48. The largest absolute Gasteiger partial charge is 0.444 e. The van der Waals surface area contributed by atoms with Gasteiger partial charge in [-0.05, 0) is 39.9 Å². The Balaban J connectivity index is 2.08. The average molecular weight is 373 g/mol. The van der Waals surface area contributed by atoms with Crippen LogP contribution >= 0.6 is 23.4 Å². The van der Waals surface area contributed by atoms with Gasteiger partial charge in [-0.3, -0.25) is 0 Å². The maximum absolute atomic E-state index is 12.3. The van der Waals surface area contributed by atoms with Gasteiger partial charge in [0.05, 0.1) is 0 Å².